The minimum Gasteiger partial charge on any atom is -0.379 e. The number of rotatable bonds is 5. The van der Waals surface area contributed by atoms with Gasteiger partial charge in [0.1, 0.15) is 10.7 Å². The highest BCUT2D eigenvalue weighted by Gasteiger charge is 2.30. The number of morpholine rings is 1. The van der Waals surface area contributed by atoms with Crippen molar-refractivity contribution in [1.29, 1.82) is 0 Å². The molecule has 0 radical (unpaired) electrons. The van der Waals surface area contributed by atoms with Crippen molar-refractivity contribution in [2.24, 2.45) is 0 Å². The fraction of sp³-hybridized carbons (Fsp3) is 0.316. The molecule has 3 rings (SSSR count). The van der Waals surface area contributed by atoms with Gasteiger partial charge in [0.05, 0.1) is 19.3 Å². The van der Waals surface area contributed by atoms with Gasteiger partial charge in [-0.2, -0.15) is 4.31 Å². The Kier molecular flexibility index (Phi) is 6.34. The highest BCUT2D eigenvalue weighted by Crippen LogP contribution is 2.23. The van der Waals surface area contributed by atoms with Gasteiger partial charge < -0.3 is 10.1 Å². The molecule has 1 amide bonds. The molecule has 0 aromatic heterocycles. The monoisotopic (exact) mass is 426 g/mol. The van der Waals surface area contributed by atoms with E-state index in [1.165, 1.54) is 6.07 Å². The van der Waals surface area contributed by atoms with E-state index >= 15 is 0 Å². The van der Waals surface area contributed by atoms with E-state index in [9.17, 15) is 17.6 Å². The van der Waals surface area contributed by atoms with Crippen LogP contribution in [0.15, 0.2) is 47.4 Å². The summed E-state index contributed by atoms with van der Waals surface area (Å²) in [4.78, 5) is 12.1. The fourth-order valence-corrected chi connectivity index (χ4v) is 4.51. The SMILES string of the molecule is CC(NC(=O)c1ccc(F)c(S(=O)(=O)N2CCOCC2)c1)c1ccc(Cl)cc1. The van der Waals surface area contributed by atoms with Crippen LogP contribution in [0.4, 0.5) is 4.39 Å². The minimum atomic E-state index is -4.05. The maximum absolute atomic E-state index is 14.3. The number of hydrogen-bond acceptors (Lipinski definition) is 4. The summed E-state index contributed by atoms with van der Waals surface area (Å²) in [6, 6.07) is 9.98. The number of nitrogens with zero attached hydrogens (tertiary/aromatic N) is 1. The van der Waals surface area contributed by atoms with Crippen LogP contribution >= 0.6 is 11.6 Å². The number of carbonyl (C=O) groups is 1. The number of benzene rings is 2. The third kappa shape index (κ3) is 4.52. The van der Waals surface area contributed by atoms with Crippen LogP contribution < -0.4 is 5.32 Å². The molecular formula is C19H20ClFN2O4S. The van der Waals surface area contributed by atoms with Crippen molar-refractivity contribution in [2.45, 2.75) is 17.9 Å². The second-order valence-electron chi connectivity index (χ2n) is 6.41. The summed E-state index contributed by atoms with van der Waals surface area (Å²) in [5.41, 5.74) is 0.898. The zero-order chi connectivity index (χ0) is 20.3. The molecule has 150 valence electrons. The lowest BCUT2D eigenvalue weighted by molar-refractivity contribution is 0.0729. The van der Waals surface area contributed by atoms with Crippen molar-refractivity contribution in [2.75, 3.05) is 26.3 Å². The van der Waals surface area contributed by atoms with Gasteiger partial charge in [-0.25, -0.2) is 12.8 Å². The standard InChI is InChI=1S/C19H20ClFN2O4S/c1-13(14-2-5-16(20)6-3-14)22-19(24)15-4-7-17(21)18(12-15)28(25,26)23-8-10-27-11-9-23/h2-7,12-13H,8-11H2,1H3,(H,22,24). The molecule has 1 aliphatic heterocycles. The summed E-state index contributed by atoms with van der Waals surface area (Å²) >= 11 is 5.87. The zero-order valence-corrected chi connectivity index (χ0v) is 16.8. The number of sulfonamides is 1. The van der Waals surface area contributed by atoms with Crippen LogP contribution in [0, 0.1) is 5.82 Å². The Bertz CT molecular complexity index is 960. The molecule has 9 heteroatoms. The normalized spacial score (nSPS) is 16.5. The van der Waals surface area contributed by atoms with Crippen LogP contribution in [0.1, 0.15) is 28.9 Å². The van der Waals surface area contributed by atoms with Gasteiger partial charge in [0, 0.05) is 23.7 Å². The topological polar surface area (TPSA) is 75.7 Å². The average molecular weight is 427 g/mol. The smallest absolute Gasteiger partial charge is 0.251 e. The second kappa shape index (κ2) is 8.57. The van der Waals surface area contributed by atoms with Gasteiger partial charge in [-0.05, 0) is 42.8 Å². The lowest BCUT2D eigenvalue weighted by atomic mass is 10.1. The largest absolute Gasteiger partial charge is 0.379 e. The van der Waals surface area contributed by atoms with E-state index in [1.54, 1.807) is 31.2 Å². The van der Waals surface area contributed by atoms with Crippen LogP contribution in [0.25, 0.3) is 0 Å². The van der Waals surface area contributed by atoms with Crippen molar-refractivity contribution in [3.63, 3.8) is 0 Å². The summed E-state index contributed by atoms with van der Waals surface area (Å²) in [6.45, 7) is 2.58. The van der Waals surface area contributed by atoms with Gasteiger partial charge >= 0.3 is 0 Å². The third-order valence-corrected chi connectivity index (χ3v) is 6.66. The molecule has 2 aromatic rings. The number of hydrogen-bond donors (Lipinski definition) is 1. The molecule has 1 fully saturated rings. The van der Waals surface area contributed by atoms with Gasteiger partial charge in [0.15, 0.2) is 0 Å². The molecule has 1 unspecified atom stereocenters. The fourth-order valence-electron chi connectivity index (χ4n) is 2.88. The molecule has 0 bridgehead atoms. The van der Waals surface area contributed by atoms with E-state index in [2.05, 4.69) is 5.32 Å². The Hall–Kier alpha value is -2.00. The lowest BCUT2D eigenvalue weighted by Gasteiger charge is -2.26. The zero-order valence-electron chi connectivity index (χ0n) is 15.2. The van der Waals surface area contributed by atoms with E-state index in [0.29, 0.717) is 5.02 Å². The molecular weight excluding hydrogens is 407 g/mol. The molecule has 1 N–H and O–H groups in total. The molecule has 28 heavy (non-hydrogen) atoms. The Morgan fingerprint density at radius 1 is 1.18 bits per heavy atom. The number of carbonyl (C=O) groups excluding carboxylic acids is 1. The Morgan fingerprint density at radius 3 is 2.46 bits per heavy atom. The molecule has 0 aliphatic carbocycles. The van der Waals surface area contributed by atoms with Gasteiger partial charge in [-0.3, -0.25) is 4.79 Å². The molecule has 1 atom stereocenters. The third-order valence-electron chi connectivity index (χ3n) is 4.50. The van der Waals surface area contributed by atoms with Crippen LogP contribution in [0.5, 0.6) is 0 Å². The van der Waals surface area contributed by atoms with E-state index < -0.39 is 26.6 Å². The quantitative estimate of drug-likeness (QED) is 0.797. The molecule has 6 nitrogen and oxygen atoms in total. The van der Waals surface area contributed by atoms with Crippen LogP contribution in [0.3, 0.4) is 0 Å². The summed E-state index contributed by atoms with van der Waals surface area (Å²) in [6.07, 6.45) is 0. The molecule has 0 saturated carbocycles. The first-order valence-corrected chi connectivity index (χ1v) is 10.5. The van der Waals surface area contributed by atoms with Crippen LogP contribution in [-0.2, 0) is 14.8 Å². The highest BCUT2D eigenvalue weighted by molar-refractivity contribution is 7.89. The molecule has 2 aromatic carbocycles. The molecule has 1 saturated heterocycles. The first kappa shape index (κ1) is 20.7. The van der Waals surface area contributed by atoms with E-state index in [0.717, 1.165) is 22.0 Å². The van der Waals surface area contributed by atoms with Crippen LogP contribution in [-0.4, -0.2) is 44.9 Å². The highest BCUT2D eigenvalue weighted by atomic mass is 35.5. The van der Waals surface area contributed by atoms with Crippen molar-refractivity contribution in [3.8, 4) is 0 Å². The Labute approximate surface area is 168 Å². The van der Waals surface area contributed by atoms with Gasteiger partial charge in [-0.1, -0.05) is 23.7 Å². The van der Waals surface area contributed by atoms with Gasteiger partial charge in [-0.15, -0.1) is 0 Å². The number of amides is 1. The minimum absolute atomic E-state index is 0.0639. The van der Waals surface area contributed by atoms with Crippen molar-refractivity contribution < 1.29 is 22.3 Å². The van der Waals surface area contributed by atoms with E-state index in [1.807, 2.05) is 0 Å². The predicted octanol–water partition coefficient (Wildman–Crippen LogP) is 2.99. The summed E-state index contributed by atoms with van der Waals surface area (Å²) in [5, 5.41) is 3.36. The van der Waals surface area contributed by atoms with Gasteiger partial charge in [0.2, 0.25) is 10.0 Å². The van der Waals surface area contributed by atoms with Crippen molar-refractivity contribution >= 4 is 27.5 Å². The molecule has 0 spiro atoms. The van der Waals surface area contributed by atoms with Crippen molar-refractivity contribution in [3.05, 3.63) is 64.4 Å². The lowest BCUT2D eigenvalue weighted by Crippen LogP contribution is -2.41. The molecule has 1 heterocycles. The Balaban J connectivity index is 1.82. The Morgan fingerprint density at radius 2 is 1.82 bits per heavy atom. The van der Waals surface area contributed by atoms with E-state index in [-0.39, 0.29) is 37.9 Å². The average Bonchev–Trinajstić information content (AvgIpc) is 2.69. The summed E-state index contributed by atoms with van der Waals surface area (Å²) in [7, 11) is -4.05. The number of nitrogens with one attached hydrogen (secondary N) is 1. The van der Waals surface area contributed by atoms with Crippen molar-refractivity contribution in [1.82, 2.24) is 9.62 Å². The first-order chi connectivity index (χ1) is 13.3. The first-order valence-electron chi connectivity index (χ1n) is 8.73. The number of halogens is 2. The summed E-state index contributed by atoms with van der Waals surface area (Å²) in [5.74, 6) is -1.39. The number of ether oxygens (including phenoxy) is 1. The molecule has 1 aliphatic rings. The van der Waals surface area contributed by atoms with Crippen LogP contribution in [0.2, 0.25) is 5.02 Å². The predicted molar refractivity (Wildman–Crippen MR) is 103 cm³/mol. The second-order valence-corrected chi connectivity index (χ2v) is 8.75. The maximum Gasteiger partial charge on any atom is 0.251 e. The summed E-state index contributed by atoms with van der Waals surface area (Å²) < 4.78 is 46.1. The van der Waals surface area contributed by atoms with E-state index in [4.69, 9.17) is 16.3 Å². The van der Waals surface area contributed by atoms with Gasteiger partial charge in [0.25, 0.3) is 5.91 Å². The maximum atomic E-state index is 14.3.